The molecule has 1 aromatic carbocycles. The Balaban J connectivity index is 2.04. The average Bonchev–Trinajstić information content (AvgIpc) is 2.58. The Morgan fingerprint density at radius 1 is 1.19 bits per heavy atom. The van der Waals surface area contributed by atoms with Gasteiger partial charge in [-0.05, 0) is 37.5 Å². The highest BCUT2D eigenvalue weighted by Crippen LogP contribution is 2.44. The average molecular weight is 397 g/mol. The summed E-state index contributed by atoms with van der Waals surface area (Å²) in [6, 6.07) is 6.09. The Labute approximate surface area is 160 Å². The van der Waals surface area contributed by atoms with Crippen LogP contribution in [0, 0.1) is 5.41 Å². The third-order valence-corrected chi connectivity index (χ3v) is 7.43. The molecule has 150 valence electrons. The van der Waals surface area contributed by atoms with Crippen LogP contribution in [-0.4, -0.2) is 42.8 Å². The van der Waals surface area contributed by atoms with Gasteiger partial charge in [-0.3, -0.25) is 9.59 Å². The van der Waals surface area contributed by atoms with Crippen molar-refractivity contribution >= 4 is 21.9 Å². The van der Waals surface area contributed by atoms with Gasteiger partial charge in [-0.15, -0.1) is 0 Å². The number of hydrogen-bond donors (Lipinski definition) is 2. The maximum Gasteiger partial charge on any atom is 0.310 e. The SMILES string of the molecule is CCN(CC)S(=O)(=O)c1ccc(C(C)NC(=O)CC2(C(=O)O)CCC2)cc1. The number of carboxylic acid groups (broad SMARTS) is 1. The topological polar surface area (TPSA) is 104 Å². The third-order valence-electron chi connectivity index (χ3n) is 5.36. The summed E-state index contributed by atoms with van der Waals surface area (Å²) in [4.78, 5) is 23.9. The molecule has 2 N–H and O–H groups in total. The van der Waals surface area contributed by atoms with E-state index in [2.05, 4.69) is 5.32 Å². The first-order valence-electron chi connectivity index (χ1n) is 9.29. The highest BCUT2D eigenvalue weighted by molar-refractivity contribution is 7.89. The largest absolute Gasteiger partial charge is 0.481 e. The van der Waals surface area contributed by atoms with Crippen molar-refractivity contribution in [3.63, 3.8) is 0 Å². The molecular weight excluding hydrogens is 368 g/mol. The summed E-state index contributed by atoms with van der Waals surface area (Å²) < 4.78 is 26.4. The lowest BCUT2D eigenvalue weighted by molar-refractivity contribution is -0.157. The van der Waals surface area contributed by atoms with Crippen molar-refractivity contribution in [2.75, 3.05) is 13.1 Å². The quantitative estimate of drug-likeness (QED) is 0.667. The second-order valence-corrected chi connectivity index (χ2v) is 9.00. The minimum Gasteiger partial charge on any atom is -0.481 e. The van der Waals surface area contributed by atoms with E-state index < -0.39 is 21.4 Å². The lowest BCUT2D eigenvalue weighted by Crippen LogP contribution is -2.43. The van der Waals surface area contributed by atoms with E-state index in [1.54, 1.807) is 32.9 Å². The predicted octanol–water partition coefficient (Wildman–Crippen LogP) is 2.54. The van der Waals surface area contributed by atoms with Crippen molar-refractivity contribution < 1.29 is 23.1 Å². The summed E-state index contributed by atoms with van der Waals surface area (Å²) in [5.74, 6) is -1.22. The molecule has 1 aromatic rings. The number of nitrogens with zero attached hydrogens (tertiary/aromatic N) is 1. The Kier molecular flexibility index (Phi) is 6.64. The number of amides is 1. The van der Waals surface area contributed by atoms with Crippen LogP contribution in [0.15, 0.2) is 29.2 Å². The molecule has 0 bridgehead atoms. The van der Waals surface area contributed by atoms with Gasteiger partial charge in [0, 0.05) is 19.5 Å². The van der Waals surface area contributed by atoms with Crippen LogP contribution in [0.4, 0.5) is 0 Å². The molecule has 7 nitrogen and oxygen atoms in total. The van der Waals surface area contributed by atoms with E-state index in [4.69, 9.17) is 0 Å². The van der Waals surface area contributed by atoms with Crippen molar-refractivity contribution in [1.82, 2.24) is 9.62 Å². The second-order valence-electron chi connectivity index (χ2n) is 7.06. The highest BCUT2D eigenvalue weighted by Gasteiger charge is 2.46. The second kappa shape index (κ2) is 8.39. The molecule has 1 amide bonds. The lowest BCUT2D eigenvalue weighted by atomic mass is 9.66. The predicted molar refractivity (Wildman–Crippen MR) is 102 cm³/mol. The van der Waals surface area contributed by atoms with Gasteiger partial charge >= 0.3 is 5.97 Å². The molecule has 1 aliphatic rings. The molecule has 2 rings (SSSR count). The summed E-state index contributed by atoms with van der Waals surface area (Å²) >= 11 is 0. The molecule has 1 unspecified atom stereocenters. The van der Waals surface area contributed by atoms with Crippen LogP contribution in [0.3, 0.4) is 0 Å². The van der Waals surface area contributed by atoms with E-state index >= 15 is 0 Å². The van der Waals surface area contributed by atoms with E-state index in [0.717, 1.165) is 12.0 Å². The zero-order chi connectivity index (χ0) is 20.2. The van der Waals surface area contributed by atoms with Crippen LogP contribution in [0.1, 0.15) is 58.1 Å². The Morgan fingerprint density at radius 2 is 1.74 bits per heavy atom. The van der Waals surface area contributed by atoms with E-state index in [1.807, 2.05) is 0 Å². The smallest absolute Gasteiger partial charge is 0.310 e. The maximum atomic E-state index is 12.5. The fourth-order valence-corrected chi connectivity index (χ4v) is 4.85. The normalized spacial score (nSPS) is 17.2. The first-order chi connectivity index (χ1) is 12.7. The number of aliphatic carboxylic acids is 1. The minimum atomic E-state index is -3.52. The number of nitrogens with one attached hydrogen (secondary N) is 1. The van der Waals surface area contributed by atoms with Gasteiger partial charge in [0.1, 0.15) is 0 Å². The van der Waals surface area contributed by atoms with Gasteiger partial charge in [-0.2, -0.15) is 4.31 Å². The molecule has 1 fully saturated rings. The number of carbonyl (C=O) groups excluding carboxylic acids is 1. The van der Waals surface area contributed by atoms with E-state index in [-0.39, 0.29) is 23.3 Å². The maximum absolute atomic E-state index is 12.5. The molecule has 0 aliphatic heterocycles. The van der Waals surface area contributed by atoms with Crippen LogP contribution >= 0.6 is 0 Å². The summed E-state index contributed by atoms with van der Waals surface area (Å²) in [5, 5.41) is 12.2. The van der Waals surface area contributed by atoms with Crippen molar-refractivity contribution in [2.24, 2.45) is 5.41 Å². The van der Waals surface area contributed by atoms with Crippen molar-refractivity contribution in [1.29, 1.82) is 0 Å². The van der Waals surface area contributed by atoms with Gasteiger partial charge in [0.15, 0.2) is 0 Å². The zero-order valence-electron chi connectivity index (χ0n) is 16.1. The van der Waals surface area contributed by atoms with Gasteiger partial charge in [-0.25, -0.2) is 8.42 Å². The zero-order valence-corrected chi connectivity index (χ0v) is 16.9. The van der Waals surface area contributed by atoms with Crippen LogP contribution in [0.2, 0.25) is 0 Å². The fourth-order valence-electron chi connectivity index (χ4n) is 3.39. The molecule has 0 heterocycles. The molecule has 1 aliphatic carbocycles. The first-order valence-corrected chi connectivity index (χ1v) is 10.7. The number of carboxylic acids is 1. The summed E-state index contributed by atoms with van der Waals surface area (Å²) in [5.41, 5.74) is -0.161. The fraction of sp³-hybridized carbons (Fsp3) is 0.579. The molecular formula is C19H28N2O5S. The molecule has 0 radical (unpaired) electrons. The van der Waals surface area contributed by atoms with Crippen LogP contribution in [0.5, 0.6) is 0 Å². The van der Waals surface area contributed by atoms with Gasteiger partial charge in [0.05, 0.1) is 16.4 Å². The Bertz CT molecular complexity index is 781. The number of carbonyl (C=O) groups is 2. The number of rotatable bonds is 9. The molecule has 0 aromatic heterocycles. The van der Waals surface area contributed by atoms with Gasteiger partial charge in [-0.1, -0.05) is 32.4 Å². The summed E-state index contributed by atoms with van der Waals surface area (Å²) in [6.07, 6.45) is 1.86. The molecule has 1 atom stereocenters. The molecule has 0 saturated heterocycles. The Morgan fingerprint density at radius 3 is 2.15 bits per heavy atom. The standard InChI is InChI=1S/C19H28N2O5S/c1-4-21(5-2)27(25,26)16-9-7-15(8-10-16)14(3)20-17(22)13-19(18(23)24)11-6-12-19/h7-10,14H,4-6,11-13H2,1-3H3,(H,20,22)(H,23,24). The number of hydrogen-bond acceptors (Lipinski definition) is 4. The molecule has 27 heavy (non-hydrogen) atoms. The molecule has 1 saturated carbocycles. The van der Waals surface area contributed by atoms with Gasteiger partial charge < -0.3 is 10.4 Å². The summed E-state index contributed by atoms with van der Waals surface area (Å²) in [6.45, 7) is 6.18. The van der Waals surface area contributed by atoms with Crippen molar-refractivity contribution in [3.05, 3.63) is 29.8 Å². The van der Waals surface area contributed by atoms with E-state index in [0.29, 0.717) is 25.9 Å². The molecule has 8 heteroatoms. The van der Waals surface area contributed by atoms with E-state index in [1.165, 1.54) is 16.4 Å². The van der Waals surface area contributed by atoms with Gasteiger partial charge in [0.2, 0.25) is 15.9 Å². The van der Waals surface area contributed by atoms with Crippen LogP contribution in [-0.2, 0) is 19.6 Å². The minimum absolute atomic E-state index is 0.0267. The first kappa shape index (κ1) is 21.4. The lowest BCUT2D eigenvalue weighted by Gasteiger charge is -2.37. The third kappa shape index (κ3) is 4.50. The van der Waals surface area contributed by atoms with E-state index in [9.17, 15) is 23.1 Å². The van der Waals surface area contributed by atoms with Crippen LogP contribution < -0.4 is 5.32 Å². The van der Waals surface area contributed by atoms with Gasteiger partial charge in [0.25, 0.3) is 0 Å². The Hall–Kier alpha value is -1.93. The number of sulfonamides is 1. The molecule has 0 spiro atoms. The van der Waals surface area contributed by atoms with Crippen LogP contribution in [0.25, 0.3) is 0 Å². The summed E-state index contributed by atoms with van der Waals surface area (Å²) in [7, 11) is -3.52. The number of benzene rings is 1. The monoisotopic (exact) mass is 396 g/mol. The van der Waals surface area contributed by atoms with Crippen molar-refractivity contribution in [2.45, 2.75) is 57.4 Å². The van der Waals surface area contributed by atoms with Crippen molar-refractivity contribution in [3.8, 4) is 0 Å². The highest BCUT2D eigenvalue weighted by atomic mass is 32.2.